The van der Waals surface area contributed by atoms with Gasteiger partial charge in [-0.25, -0.2) is 8.78 Å². The maximum Gasteiger partial charge on any atom is 0.130 e. The van der Waals surface area contributed by atoms with Gasteiger partial charge in [0.25, 0.3) is 0 Å². The number of benzene rings is 1. The molecule has 2 unspecified atom stereocenters. The first-order valence-corrected chi connectivity index (χ1v) is 8.00. The van der Waals surface area contributed by atoms with Crippen LogP contribution in [0.25, 0.3) is 0 Å². The molecule has 1 aromatic carbocycles. The number of halogens is 2. The third kappa shape index (κ3) is 5.04. The molecule has 0 bridgehead atoms. The quantitative estimate of drug-likeness (QED) is 0.807. The Hall–Kier alpha value is -1.00. The van der Waals surface area contributed by atoms with Crippen molar-refractivity contribution in [3.63, 3.8) is 0 Å². The van der Waals surface area contributed by atoms with Crippen molar-refractivity contribution >= 4 is 0 Å². The Morgan fingerprint density at radius 2 is 2.19 bits per heavy atom. The highest BCUT2D eigenvalue weighted by molar-refractivity contribution is 5.22. The number of rotatable bonds is 7. The maximum absolute atomic E-state index is 14.0. The summed E-state index contributed by atoms with van der Waals surface area (Å²) in [6.07, 6.45) is 6.44. The van der Waals surface area contributed by atoms with Crippen molar-refractivity contribution in [2.75, 3.05) is 13.2 Å². The molecule has 1 N–H and O–H groups in total. The van der Waals surface area contributed by atoms with Crippen LogP contribution in [-0.4, -0.2) is 19.3 Å². The first-order chi connectivity index (χ1) is 10.2. The van der Waals surface area contributed by atoms with Crippen molar-refractivity contribution in [3.8, 4) is 0 Å². The van der Waals surface area contributed by atoms with E-state index in [1.807, 2.05) is 0 Å². The monoisotopic (exact) mass is 297 g/mol. The summed E-state index contributed by atoms with van der Waals surface area (Å²) in [6, 6.07) is 3.78. The lowest BCUT2D eigenvalue weighted by molar-refractivity contribution is 0.00848. The van der Waals surface area contributed by atoms with Gasteiger partial charge in [0.15, 0.2) is 0 Å². The van der Waals surface area contributed by atoms with Crippen molar-refractivity contribution in [1.29, 1.82) is 0 Å². The van der Waals surface area contributed by atoms with Crippen LogP contribution in [0.1, 0.15) is 57.1 Å². The summed E-state index contributed by atoms with van der Waals surface area (Å²) in [5, 5.41) is 3.37. The molecule has 2 rings (SSSR count). The van der Waals surface area contributed by atoms with E-state index in [0.717, 1.165) is 51.3 Å². The topological polar surface area (TPSA) is 21.3 Å². The van der Waals surface area contributed by atoms with Crippen LogP contribution < -0.4 is 5.32 Å². The minimum atomic E-state index is -0.527. The number of hydrogen-bond acceptors (Lipinski definition) is 2. The van der Waals surface area contributed by atoms with Gasteiger partial charge >= 0.3 is 0 Å². The molecule has 2 atom stereocenters. The van der Waals surface area contributed by atoms with Gasteiger partial charge in [0.2, 0.25) is 0 Å². The Labute approximate surface area is 125 Å². The number of nitrogens with one attached hydrogen (secondary N) is 1. The molecular weight excluding hydrogens is 272 g/mol. The zero-order valence-electron chi connectivity index (χ0n) is 12.7. The molecule has 1 saturated heterocycles. The molecule has 0 radical (unpaired) electrons. The Balaban J connectivity index is 1.99. The van der Waals surface area contributed by atoms with E-state index in [1.54, 1.807) is 6.07 Å². The summed E-state index contributed by atoms with van der Waals surface area (Å²) in [6.45, 7) is 3.74. The number of ether oxygens (including phenoxy) is 1. The second kappa shape index (κ2) is 8.44. The third-order valence-corrected chi connectivity index (χ3v) is 4.03. The maximum atomic E-state index is 14.0. The Morgan fingerprint density at radius 3 is 2.86 bits per heavy atom. The zero-order valence-corrected chi connectivity index (χ0v) is 12.7. The normalized spacial score (nSPS) is 20.4. The van der Waals surface area contributed by atoms with Gasteiger partial charge in [0, 0.05) is 24.3 Å². The smallest absolute Gasteiger partial charge is 0.130 e. The van der Waals surface area contributed by atoms with Crippen LogP contribution in [0.5, 0.6) is 0 Å². The van der Waals surface area contributed by atoms with Gasteiger partial charge in [-0.15, -0.1) is 0 Å². The highest BCUT2D eigenvalue weighted by Gasteiger charge is 2.19. The summed E-state index contributed by atoms with van der Waals surface area (Å²) in [4.78, 5) is 0. The first-order valence-electron chi connectivity index (χ1n) is 8.00. The van der Waals surface area contributed by atoms with Crippen LogP contribution >= 0.6 is 0 Å². The molecule has 0 aliphatic carbocycles. The fourth-order valence-electron chi connectivity index (χ4n) is 2.86. The molecule has 0 spiro atoms. The van der Waals surface area contributed by atoms with Gasteiger partial charge in [-0.05, 0) is 51.1 Å². The predicted octanol–water partition coefficient (Wildman–Crippen LogP) is 4.35. The molecule has 1 aromatic rings. The molecule has 2 nitrogen and oxygen atoms in total. The largest absolute Gasteiger partial charge is 0.378 e. The van der Waals surface area contributed by atoms with Crippen molar-refractivity contribution in [1.82, 2.24) is 5.32 Å². The van der Waals surface area contributed by atoms with E-state index in [1.165, 1.54) is 12.5 Å². The Morgan fingerprint density at radius 1 is 1.33 bits per heavy atom. The van der Waals surface area contributed by atoms with Crippen LogP contribution in [0.4, 0.5) is 8.78 Å². The molecule has 0 amide bonds. The molecule has 1 aliphatic heterocycles. The van der Waals surface area contributed by atoms with Gasteiger partial charge in [0.05, 0.1) is 6.10 Å². The van der Waals surface area contributed by atoms with Crippen molar-refractivity contribution < 1.29 is 13.5 Å². The standard InChI is InChI=1S/C17H25F2NO/c1-2-10-20-17(9-7-14-5-3-4-11-21-14)15-8-6-13(18)12-16(15)19/h6,8,12,14,17,20H,2-5,7,9-11H2,1H3. The molecule has 1 heterocycles. The average Bonchev–Trinajstić information content (AvgIpc) is 2.49. The Kier molecular flexibility index (Phi) is 6.58. The van der Waals surface area contributed by atoms with Gasteiger partial charge in [-0.3, -0.25) is 0 Å². The minimum absolute atomic E-state index is 0.0731. The van der Waals surface area contributed by atoms with Crippen molar-refractivity contribution in [2.24, 2.45) is 0 Å². The molecule has 1 fully saturated rings. The lowest BCUT2D eigenvalue weighted by Gasteiger charge is -2.26. The van der Waals surface area contributed by atoms with E-state index in [-0.39, 0.29) is 12.1 Å². The van der Waals surface area contributed by atoms with Crippen LogP contribution in [0.3, 0.4) is 0 Å². The zero-order chi connectivity index (χ0) is 15.1. The summed E-state index contributed by atoms with van der Waals surface area (Å²) in [7, 11) is 0. The Bertz CT molecular complexity index is 433. The summed E-state index contributed by atoms with van der Waals surface area (Å²) < 4.78 is 32.8. The minimum Gasteiger partial charge on any atom is -0.378 e. The van der Waals surface area contributed by atoms with E-state index in [4.69, 9.17) is 4.74 Å². The highest BCUT2D eigenvalue weighted by atomic mass is 19.1. The van der Waals surface area contributed by atoms with E-state index in [9.17, 15) is 8.78 Å². The fraction of sp³-hybridized carbons (Fsp3) is 0.647. The fourth-order valence-corrected chi connectivity index (χ4v) is 2.86. The molecule has 21 heavy (non-hydrogen) atoms. The summed E-state index contributed by atoms with van der Waals surface area (Å²) in [5.41, 5.74) is 0.556. The molecule has 118 valence electrons. The van der Waals surface area contributed by atoms with Crippen LogP contribution in [0.15, 0.2) is 18.2 Å². The third-order valence-electron chi connectivity index (χ3n) is 4.03. The van der Waals surface area contributed by atoms with E-state index < -0.39 is 11.6 Å². The SMILES string of the molecule is CCCNC(CCC1CCCCO1)c1ccc(F)cc1F. The molecule has 0 aromatic heterocycles. The first kappa shape index (κ1) is 16.4. The van der Waals surface area contributed by atoms with Gasteiger partial charge < -0.3 is 10.1 Å². The van der Waals surface area contributed by atoms with Crippen LogP contribution in [0.2, 0.25) is 0 Å². The summed E-state index contributed by atoms with van der Waals surface area (Å²) >= 11 is 0. The molecule has 1 aliphatic rings. The lowest BCUT2D eigenvalue weighted by atomic mass is 9.96. The second-order valence-corrected chi connectivity index (χ2v) is 5.74. The summed E-state index contributed by atoms with van der Waals surface area (Å²) in [5.74, 6) is -0.991. The van der Waals surface area contributed by atoms with Gasteiger partial charge in [-0.1, -0.05) is 13.0 Å². The lowest BCUT2D eigenvalue weighted by Crippen LogP contribution is -2.26. The van der Waals surface area contributed by atoms with Crippen LogP contribution in [0, 0.1) is 11.6 Å². The van der Waals surface area contributed by atoms with E-state index >= 15 is 0 Å². The van der Waals surface area contributed by atoms with E-state index in [0.29, 0.717) is 5.56 Å². The highest BCUT2D eigenvalue weighted by Crippen LogP contribution is 2.26. The molecule has 4 heteroatoms. The van der Waals surface area contributed by atoms with E-state index in [2.05, 4.69) is 12.2 Å². The molecule has 0 saturated carbocycles. The second-order valence-electron chi connectivity index (χ2n) is 5.74. The van der Waals surface area contributed by atoms with Gasteiger partial charge in [-0.2, -0.15) is 0 Å². The van der Waals surface area contributed by atoms with Gasteiger partial charge in [0.1, 0.15) is 11.6 Å². The molecular formula is C17H25F2NO. The average molecular weight is 297 g/mol. The van der Waals surface area contributed by atoms with Crippen LogP contribution in [-0.2, 0) is 4.74 Å². The predicted molar refractivity (Wildman–Crippen MR) is 80.2 cm³/mol. The number of hydrogen-bond donors (Lipinski definition) is 1. The van der Waals surface area contributed by atoms with Crippen molar-refractivity contribution in [3.05, 3.63) is 35.4 Å². The van der Waals surface area contributed by atoms with Crippen molar-refractivity contribution in [2.45, 2.75) is 57.6 Å².